The molecule has 0 radical (unpaired) electrons. The standard InChI is InChI=1S/C6H12N2O.BH3O2/c7-5-6(9)8-3-1-2-4-8;2-1-3/h1-5,7H2;1-3H. The van der Waals surface area contributed by atoms with Gasteiger partial charge in [0.05, 0.1) is 6.54 Å². The van der Waals surface area contributed by atoms with Crippen LogP contribution in [0.2, 0.25) is 0 Å². The van der Waals surface area contributed by atoms with Crippen LogP contribution < -0.4 is 5.73 Å². The molecule has 1 fully saturated rings. The van der Waals surface area contributed by atoms with E-state index in [9.17, 15) is 4.79 Å². The van der Waals surface area contributed by atoms with Gasteiger partial charge in [0.15, 0.2) is 0 Å². The van der Waals surface area contributed by atoms with Crippen LogP contribution in [0.3, 0.4) is 0 Å². The van der Waals surface area contributed by atoms with E-state index in [1.54, 1.807) is 0 Å². The highest BCUT2D eigenvalue weighted by molar-refractivity contribution is 6.13. The number of nitrogens with two attached hydrogens (primary N) is 1. The fraction of sp³-hybridized carbons (Fsp3) is 0.833. The Hall–Kier alpha value is -0.585. The molecule has 0 aromatic rings. The van der Waals surface area contributed by atoms with Crippen LogP contribution in [0, 0.1) is 0 Å². The first-order chi connectivity index (χ1) is 5.76. The van der Waals surface area contributed by atoms with E-state index in [1.807, 2.05) is 4.90 Å². The highest BCUT2D eigenvalue weighted by atomic mass is 16.4. The maximum atomic E-state index is 10.8. The third-order valence-electron chi connectivity index (χ3n) is 1.63. The zero-order valence-electron chi connectivity index (χ0n) is 7.07. The molecule has 0 aromatic heterocycles. The highest BCUT2D eigenvalue weighted by Gasteiger charge is 2.15. The normalized spacial score (nSPS) is 15.1. The topological polar surface area (TPSA) is 86.8 Å². The first-order valence-corrected chi connectivity index (χ1v) is 3.95. The summed E-state index contributed by atoms with van der Waals surface area (Å²) < 4.78 is 0. The molecule has 5 nitrogen and oxygen atoms in total. The summed E-state index contributed by atoms with van der Waals surface area (Å²) in [5, 5.41) is 14.2. The molecule has 0 aliphatic carbocycles. The molecule has 1 heterocycles. The molecular formula is C6H15BN2O3. The fourth-order valence-corrected chi connectivity index (χ4v) is 1.10. The minimum absolute atomic E-state index is 0.0903. The molecule has 0 spiro atoms. The highest BCUT2D eigenvalue weighted by Crippen LogP contribution is 2.05. The van der Waals surface area contributed by atoms with Gasteiger partial charge in [-0.3, -0.25) is 4.79 Å². The Morgan fingerprint density at radius 1 is 1.42 bits per heavy atom. The van der Waals surface area contributed by atoms with Gasteiger partial charge in [-0.05, 0) is 12.8 Å². The Morgan fingerprint density at radius 3 is 2.17 bits per heavy atom. The van der Waals surface area contributed by atoms with Crippen molar-refractivity contribution < 1.29 is 14.8 Å². The molecule has 4 N–H and O–H groups in total. The van der Waals surface area contributed by atoms with Gasteiger partial charge in [0, 0.05) is 13.1 Å². The van der Waals surface area contributed by atoms with Gasteiger partial charge in [0.1, 0.15) is 0 Å². The molecule has 0 aromatic carbocycles. The smallest absolute Gasteiger partial charge is 0.430 e. The Bertz CT molecular complexity index is 128. The van der Waals surface area contributed by atoms with Crippen molar-refractivity contribution in [3.05, 3.63) is 0 Å². The predicted molar refractivity (Wildman–Crippen MR) is 46.5 cm³/mol. The number of hydrogen-bond acceptors (Lipinski definition) is 4. The molecule has 0 unspecified atom stereocenters. The molecule has 1 amide bonds. The maximum absolute atomic E-state index is 10.8. The van der Waals surface area contributed by atoms with Gasteiger partial charge >= 0.3 is 7.69 Å². The molecule has 6 heteroatoms. The first-order valence-electron chi connectivity index (χ1n) is 3.95. The van der Waals surface area contributed by atoms with E-state index in [0.717, 1.165) is 25.9 Å². The number of nitrogens with zero attached hydrogens (tertiary/aromatic N) is 1. The van der Waals surface area contributed by atoms with Crippen molar-refractivity contribution in [2.45, 2.75) is 12.8 Å². The van der Waals surface area contributed by atoms with E-state index in [1.165, 1.54) is 0 Å². The van der Waals surface area contributed by atoms with E-state index in [-0.39, 0.29) is 12.5 Å². The van der Waals surface area contributed by atoms with Crippen molar-refractivity contribution in [1.82, 2.24) is 4.90 Å². The van der Waals surface area contributed by atoms with Crippen LogP contribution in [-0.2, 0) is 4.79 Å². The summed E-state index contributed by atoms with van der Waals surface area (Å²) in [6.45, 7) is 1.99. The summed E-state index contributed by atoms with van der Waals surface area (Å²) >= 11 is 0. The lowest BCUT2D eigenvalue weighted by atomic mass is 10.4. The molecular weight excluding hydrogens is 159 g/mol. The van der Waals surface area contributed by atoms with E-state index in [2.05, 4.69) is 0 Å². The Morgan fingerprint density at radius 2 is 1.83 bits per heavy atom. The lowest BCUT2D eigenvalue weighted by molar-refractivity contribution is -0.128. The predicted octanol–water partition coefficient (Wildman–Crippen LogP) is -2.19. The van der Waals surface area contributed by atoms with E-state index < -0.39 is 7.69 Å². The lowest BCUT2D eigenvalue weighted by Gasteiger charge is -2.12. The quantitative estimate of drug-likeness (QED) is 0.394. The van der Waals surface area contributed by atoms with Crippen molar-refractivity contribution in [2.24, 2.45) is 5.73 Å². The van der Waals surface area contributed by atoms with Crippen LogP contribution in [-0.4, -0.2) is 48.2 Å². The third kappa shape index (κ3) is 4.33. The monoisotopic (exact) mass is 174 g/mol. The number of carbonyl (C=O) groups is 1. The second-order valence-electron chi connectivity index (χ2n) is 2.43. The number of carbonyl (C=O) groups excluding carboxylic acids is 1. The van der Waals surface area contributed by atoms with Gasteiger partial charge in [-0.15, -0.1) is 0 Å². The zero-order valence-corrected chi connectivity index (χ0v) is 7.07. The first kappa shape index (κ1) is 11.4. The van der Waals surface area contributed by atoms with Crippen molar-refractivity contribution in [1.29, 1.82) is 0 Å². The van der Waals surface area contributed by atoms with Crippen LogP contribution in [0.15, 0.2) is 0 Å². The third-order valence-corrected chi connectivity index (χ3v) is 1.63. The van der Waals surface area contributed by atoms with Crippen molar-refractivity contribution >= 4 is 13.6 Å². The van der Waals surface area contributed by atoms with Crippen molar-refractivity contribution in [3.8, 4) is 0 Å². The van der Waals surface area contributed by atoms with Gasteiger partial charge < -0.3 is 20.7 Å². The largest absolute Gasteiger partial charge is 0.432 e. The van der Waals surface area contributed by atoms with E-state index >= 15 is 0 Å². The molecule has 1 saturated heterocycles. The Kier molecular flexibility index (Phi) is 6.74. The van der Waals surface area contributed by atoms with Crippen LogP contribution >= 0.6 is 0 Å². The second-order valence-corrected chi connectivity index (χ2v) is 2.43. The van der Waals surface area contributed by atoms with Gasteiger partial charge in [-0.2, -0.15) is 0 Å². The maximum Gasteiger partial charge on any atom is 0.432 e. The summed E-state index contributed by atoms with van der Waals surface area (Å²) in [6, 6.07) is 0. The Labute approximate surface area is 72.5 Å². The van der Waals surface area contributed by atoms with Gasteiger partial charge in [0.25, 0.3) is 0 Å². The SMILES string of the molecule is NCC(=O)N1CCCC1.OBO. The van der Waals surface area contributed by atoms with Crippen LogP contribution in [0.25, 0.3) is 0 Å². The summed E-state index contributed by atoms with van der Waals surface area (Å²) in [5.41, 5.74) is 5.16. The number of amides is 1. The lowest BCUT2D eigenvalue weighted by Crippen LogP contribution is -2.33. The minimum atomic E-state index is -0.750. The van der Waals surface area contributed by atoms with Gasteiger partial charge in [0.2, 0.25) is 5.91 Å². The number of rotatable bonds is 1. The summed E-state index contributed by atoms with van der Waals surface area (Å²) in [4.78, 5) is 12.6. The van der Waals surface area contributed by atoms with Gasteiger partial charge in [-0.25, -0.2) is 0 Å². The van der Waals surface area contributed by atoms with Crippen molar-refractivity contribution in [3.63, 3.8) is 0 Å². The molecule has 0 saturated carbocycles. The van der Waals surface area contributed by atoms with E-state index in [4.69, 9.17) is 15.8 Å². The zero-order chi connectivity index (χ0) is 9.40. The molecule has 0 bridgehead atoms. The van der Waals surface area contributed by atoms with Crippen molar-refractivity contribution in [2.75, 3.05) is 19.6 Å². The Balaban J connectivity index is 0.000000354. The minimum Gasteiger partial charge on any atom is -0.430 e. The number of hydrogen-bond donors (Lipinski definition) is 3. The van der Waals surface area contributed by atoms with Crippen LogP contribution in [0.4, 0.5) is 0 Å². The summed E-state index contributed by atoms with van der Waals surface area (Å²) in [6.07, 6.45) is 2.29. The van der Waals surface area contributed by atoms with E-state index in [0.29, 0.717) is 0 Å². The molecule has 70 valence electrons. The summed E-state index contributed by atoms with van der Waals surface area (Å²) in [5.74, 6) is 0.0903. The second kappa shape index (κ2) is 7.09. The van der Waals surface area contributed by atoms with Gasteiger partial charge in [-0.1, -0.05) is 0 Å². The fourth-order valence-electron chi connectivity index (χ4n) is 1.10. The number of likely N-dealkylation sites (tertiary alicyclic amines) is 1. The molecule has 1 aliphatic rings. The van der Waals surface area contributed by atoms with Crippen LogP contribution in [0.5, 0.6) is 0 Å². The molecule has 1 aliphatic heterocycles. The molecule has 0 atom stereocenters. The summed E-state index contributed by atoms with van der Waals surface area (Å²) in [7, 11) is -0.750. The average Bonchev–Trinajstić information content (AvgIpc) is 2.56. The van der Waals surface area contributed by atoms with Crippen LogP contribution in [0.1, 0.15) is 12.8 Å². The molecule has 12 heavy (non-hydrogen) atoms. The molecule has 1 rings (SSSR count). The average molecular weight is 174 g/mol.